The molecule has 1 atom stereocenters. The van der Waals surface area contributed by atoms with E-state index >= 15 is 0 Å². The number of anilines is 4. The van der Waals surface area contributed by atoms with Gasteiger partial charge in [0.1, 0.15) is 0 Å². The number of nitrogens with zero attached hydrogens (tertiary/aromatic N) is 5. The smallest absolute Gasteiger partial charge is 0.241 e. The maximum Gasteiger partial charge on any atom is 0.241 e. The van der Waals surface area contributed by atoms with E-state index in [1.54, 1.807) is 6.20 Å². The molecule has 2 amide bonds. The molecule has 0 saturated carbocycles. The number of hydrogen-bond donors (Lipinski definition) is 3. The first-order valence-electron chi connectivity index (χ1n) is 14.8. The highest BCUT2D eigenvalue weighted by molar-refractivity contribution is 5.95. The fraction of sp³-hybridized carbons (Fsp3) is 0.419. The summed E-state index contributed by atoms with van der Waals surface area (Å²) >= 11 is 0. The van der Waals surface area contributed by atoms with Gasteiger partial charge >= 0.3 is 0 Å². The summed E-state index contributed by atoms with van der Waals surface area (Å²) in [6.45, 7) is 7.53. The third-order valence-electron chi connectivity index (χ3n) is 8.06. The average Bonchev–Trinajstić information content (AvgIpc) is 3.58. The van der Waals surface area contributed by atoms with Crippen LogP contribution in [0.1, 0.15) is 12.8 Å². The summed E-state index contributed by atoms with van der Waals surface area (Å²) in [5.41, 5.74) is 4.53. The zero-order chi connectivity index (χ0) is 28.7. The second-order valence-electron chi connectivity index (χ2n) is 10.9. The average molecular weight is 571 g/mol. The second kappa shape index (κ2) is 13.3. The van der Waals surface area contributed by atoms with Crippen molar-refractivity contribution in [1.29, 1.82) is 0 Å². The first-order chi connectivity index (χ1) is 20.6. The lowest BCUT2D eigenvalue weighted by molar-refractivity contribution is -0.133. The molecule has 0 radical (unpaired) electrons. The Morgan fingerprint density at radius 3 is 2.36 bits per heavy atom. The minimum absolute atomic E-state index is 0.0108. The van der Waals surface area contributed by atoms with E-state index < -0.39 is 0 Å². The van der Waals surface area contributed by atoms with Crippen LogP contribution in [0.15, 0.2) is 60.8 Å². The van der Waals surface area contributed by atoms with Gasteiger partial charge in [-0.3, -0.25) is 14.5 Å². The van der Waals surface area contributed by atoms with Gasteiger partial charge in [-0.15, -0.1) is 0 Å². The van der Waals surface area contributed by atoms with Crippen LogP contribution in [0.3, 0.4) is 0 Å². The van der Waals surface area contributed by atoms with Crippen LogP contribution in [-0.4, -0.2) is 103 Å². The first kappa shape index (κ1) is 28.1. The van der Waals surface area contributed by atoms with Crippen molar-refractivity contribution in [2.45, 2.75) is 18.9 Å². The normalized spacial score (nSPS) is 19.5. The van der Waals surface area contributed by atoms with Crippen molar-refractivity contribution in [3.05, 3.63) is 60.8 Å². The zero-order valence-electron chi connectivity index (χ0n) is 23.8. The molecule has 1 unspecified atom stereocenters. The molecule has 4 heterocycles. The van der Waals surface area contributed by atoms with Crippen molar-refractivity contribution >= 4 is 34.8 Å². The Hall–Kier alpha value is -4.06. The van der Waals surface area contributed by atoms with E-state index in [0.717, 1.165) is 87.0 Å². The molecule has 0 aliphatic carbocycles. The van der Waals surface area contributed by atoms with Crippen molar-refractivity contribution < 1.29 is 14.3 Å². The van der Waals surface area contributed by atoms with E-state index in [0.29, 0.717) is 25.7 Å². The zero-order valence-corrected chi connectivity index (χ0v) is 23.8. The third kappa shape index (κ3) is 7.04. The van der Waals surface area contributed by atoms with Gasteiger partial charge in [0.05, 0.1) is 31.5 Å². The summed E-state index contributed by atoms with van der Waals surface area (Å²) in [5, 5.41) is 9.51. The van der Waals surface area contributed by atoms with Gasteiger partial charge in [0, 0.05) is 68.1 Å². The molecule has 3 aliphatic heterocycles. The maximum atomic E-state index is 12.7. The van der Waals surface area contributed by atoms with E-state index in [4.69, 9.17) is 9.72 Å². The molecular formula is C31H38N8O3. The Morgan fingerprint density at radius 1 is 0.905 bits per heavy atom. The number of hydrogen-bond acceptors (Lipinski definition) is 9. The van der Waals surface area contributed by atoms with E-state index in [-0.39, 0.29) is 17.9 Å². The van der Waals surface area contributed by atoms with Gasteiger partial charge in [-0.2, -0.15) is 0 Å². The van der Waals surface area contributed by atoms with Crippen LogP contribution in [0.4, 0.5) is 23.0 Å². The second-order valence-corrected chi connectivity index (χ2v) is 10.9. The van der Waals surface area contributed by atoms with Gasteiger partial charge in [0.25, 0.3) is 0 Å². The number of aromatic nitrogens is 2. The van der Waals surface area contributed by atoms with Gasteiger partial charge in [-0.1, -0.05) is 12.1 Å². The summed E-state index contributed by atoms with van der Waals surface area (Å²) in [7, 11) is 0. The molecule has 0 bridgehead atoms. The number of amides is 2. The van der Waals surface area contributed by atoms with Crippen molar-refractivity contribution in [2.75, 3.05) is 81.1 Å². The topological polar surface area (TPSA) is 115 Å². The largest absolute Gasteiger partial charge is 0.379 e. The molecule has 6 rings (SSSR count). The molecule has 42 heavy (non-hydrogen) atoms. The van der Waals surface area contributed by atoms with Crippen LogP contribution < -0.4 is 20.9 Å². The third-order valence-corrected chi connectivity index (χ3v) is 8.06. The Balaban J connectivity index is 1.00. The number of carbonyl (C=O) groups is 2. The summed E-state index contributed by atoms with van der Waals surface area (Å²) in [6, 6.07) is 17.7. The molecule has 2 aromatic carbocycles. The van der Waals surface area contributed by atoms with Crippen molar-refractivity contribution in [3.63, 3.8) is 0 Å². The first-order valence-corrected chi connectivity index (χ1v) is 14.8. The molecule has 11 heteroatoms. The van der Waals surface area contributed by atoms with Gasteiger partial charge in [0.15, 0.2) is 0 Å². The summed E-state index contributed by atoms with van der Waals surface area (Å²) < 4.78 is 5.38. The van der Waals surface area contributed by atoms with Crippen molar-refractivity contribution in [1.82, 2.24) is 25.1 Å². The molecule has 0 spiro atoms. The fourth-order valence-electron chi connectivity index (χ4n) is 5.59. The Labute approximate surface area is 246 Å². The van der Waals surface area contributed by atoms with Crippen molar-refractivity contribution in [3.8, 4) is 11.3 Å². The molecule has 11 nitrogen and oxygen atoms in total. The summed E-state index contributed by atoms with van der Waals surface area (Å²) in [4.78, 5) is 40.7. The lowest BCUT2D eigenvalue weighted by Crippen LogP contribution is -2.52. The lowest BCUT2D eigenvalue weighted by atomic mass is 10.1. The number of benzene rings is 2. The summed E-state index contributed by atoms with van der Waals surface area (Å²) in [6.07, 6.45) is 3.64. The number of carbonyl (C=O) groups excluding carboxylic acids is 2. The van der Waals surface area contributed by atoms with Gasteiger partial charge in [-0.05, 0) is 61.9 Å². The predicted octanol–water partition coefficient (Wildman–Crippen LogP) is 2.56. The highest BCUT2D eigenvalue weighted by Gasteiger charge is 2.24. The van der Waals surface area contributed by atoms with Gasteiger partial charge in [0.2, 0.25) is 17.8 Å². The quantitative estimate of drug-likeness (QED) is 0.376. The van der Waals surface area contributed by atoms with Crippen LogP contribution in [0.2, 0.25) is 0 Å². The van der Waals surface area contributed by atoms with Crippen LogP contribution >= 0.6 is 0 Å². The van der Waals surface area contributed by atoms with E-state index in [1.165, 1.54) is 0 Å². The SMILES string of the molecule is O=C(Nc1ccc(-c2ccnc(Nc3ccc(N4CCN(C(=O)CN5CCOCC5)CC4)cc3)n2)cc1)C1CCCN1. The minimum atomic E-state index is -0.110. The van der Waals surface area contributed by atoms with Crippen LogP contribution in [0, 0.1) is 0 Å². The highest BCUT2D eigenvalue weighted by Crippen LogP contribution is 2.24. The number of piperazine rings is 1. The van der Waals surface area contributed by atoms with Gasteiger partial charge in [-0.25, -0.2) is 9.97 Å². The van der Waals surface area contributed by atoms with Crippen LogP contribution in [0.5, 0.6) is 0 Å². The number of ether oxygens (including phenoxy) is 1. The Bertz CT molecular complexity index is 1350. The molecule has 220 valence electrons. The van der Waals surface area contributed by atoms with E-state index in [2.05, 4.69) is 42.9 Å². The standard InChI is InChI=1S/C31H38N8O3/c40-29(22-37-18-20-42-21-19-37)39-16-14-38(15-17-39)26-9-7-25(8-10-26)35-31-33-13-11-27(36-31)23-3-5-24(6-4-23)34-30(41)28-2-1-12-32-28/h3-11,13,28,32H,1-2,12,14-22H2,(H,34,41)(H,33,35,36). The fourth-order valence-corrected chi connectivity index (χ4v) is 5.59. The van der Waals surface area contributed by atoms with E-state index in [1.807, 2.05) is 47.4 Å². The molecule has 3 N–H and O–H groups in total. The number of nitrogens with one attached hydrogen (secondary N) is 3. The molecule has 1 aromatic heterocycles. The highest BCUT2D eigenvalue weighted by atomic mass is 16.5. The maximum absolute atomic E-state index is 12.7. The van der Waals surface area contributed by atoms with Crippen LogP contribution in [0.25, 0.3) is 11.3 Å². The minimum Gasteiger partial charge on any atom is -0.379 e. The molecule has 3 fully saturated rings. The Morgan fingerprint density at radius 2 is 1.64 bits per heavy atom. The number of morpholine rings is 1. The molecule has 3 aliphatic rings. The number of rotatable bonds is 8. The lowest BCUT2D eigenvalue weighted by Gasteiger charge is -2.37. The Kier molecular flexibility index (Phi) is 8.88. The van der Waals surface area contributed by atoms with Crippen LogP contribution in [-0.2, 0) is 14.3 Å². The van der Waals surface area contributed by atoms with Crippen molar-refractivity contribution in [2.24, 2.45) is 0 Å². The summed E-state index contributed by atoms with van der Waals surface area (Å²) in [5.74, 6) is 0.729. The monoisotopic (exact) mass is 570 g/mol. The molecular weight excluding hydrogens is 532 g/mol. The predicted molar refractivity (Wildman–Crippen MR) is 163 cm³/mol. The van der Waals surface area contributed by atoms with Gasteiger partial charge < -0.3 is 30.5 Å². The molecule has 3 aromatic rings. The molecule has 3 saturated heterocycles. The van der Waals surface area contributed by atoms with E-state index in [9.17, 15) is 9.59 Å².